The first-order chi connectivity index (χ1) is 10.7. The van der Waals surface area contributed by atoms with Gasteiger partial charge in [0.25, 0.3) is 0 Å². The molecule has 126 valence electrons. The van der Waals surface area contributed by atoms with Crippen LogP contribution in [0.25, 0.3) is 0 Å². The molecule has 1 aromatic rings. The summed E-state index contributed by atoms with van der Waals surface area (Å²) in [5.41, 5.74) is 0.887. The molecule has 0 radical (unpaired) electrons. The second-order valence-electron chi connectivity index (χ2n) is 5.68. The molecule has 1 aromatic carbocycles. The fourth-order valence-corrected chi connectivity index (χ4v) is 3.44. The van der Waals surface area contributed by atoms with Crippen molar-refractivity contribution in [3.63, 3.8) is 0 Å². The summed E-state index contributed by atoms with van der Waals surface area (Å²) in [6, 6.07) is 7.94. The number of thioether (sulfide) groups is 1. The van der Waals surface area contributed by atoms with Gasteiger partial charge in [-0.05, 0) is 30.5 Å². The molecule has 3 rings (SSSR count). The van der Waals surface area contributed by atoms with Crippen molar-refractivity contribution in [1.29, 1.82) is 0 Å². The number of hydrogen-bond donors (Lipinski definition) is 1. The van der Waals surface area contributed by atoms with Crippen LogP contribution in [0.15, 0.2) is 29.2 Å². The minimum Gasteiger partial charge on any atom is -0.340 e. The maximum Gasteiger partial charge on any atom is 0.228 e. The van der Waals surface area contributed by atoms with Crippen LogP contribution in [0, 0.1) is 5.92 Å². The topological polar surface area (TPSA) is 52.7 Å². The summed E-state index contributed by atoms with van der Waals surface area (Å²) in [4.78, 5) is 29.6. The van der Waals surface area contributed by atoms with Gasteiger partial charge in [0, 0.05) is 49.7 Å². The lowest BCUT2D eigenvalue weighted by molar-refractivity contribution is -0.136. The summed E-state index contributed by atoms with van der Waals surface area (Å²) in [6.07, 6.45) is 2.35. The molecule has 7 heteroatoms. The highest BCUT2D eigenvalue weighted by atomic mass is 35.5. The summed E-state index contributed by atoms with van der Waals surface area (Å²) in [7, 11) is 0. The van der Waals surface area contributed by atoms with Gasteiger partial charge in [0.1, 0.15) is 0 Å². The van der Waals surface area contributed by atoms with E-state index in [4.69, 9.17) is 0 Å². The molecule has 0 spiro atoms. The van der Waals surface area contributed by atoms with Gasteiger partial charge in [0.05, 0.1) is 5.92 Å². The van der Waals surface area contributed by atoms with Gasteiger partial charge >= 0.3 is 0 Å². The number of halogens is 1. The quantitative estimate of drug-likeness (QED) is 0.837. The van der Waals surface area contributed by atoms with Gasteiger partial charge in [0.15, 0.2) is 0 Å². The Morgan fingerprint density at radius 1 is 1.22 bits per heavy atom. The van der Waals surface area contributed by atoms with Crippen molar-refractivity contribution in [3.8, 4) is 0 Å². The molecule has 0 bridgehead atoms. The third-order valence-electron chi connectivity index (χ3n) is 4.29. The van der Waals surface area contributed by atoms with Gasteiger partial charge in [0.2, 0.25) is 11.8 Å². The molecule has 0 saturated carbocycles. The number of rotatable bonds is 3. The predicted molar refractivity (Wildman–Crippen MR) is 95.4 cm³/mol. The van der Waals surface area contributed by atoms with E-state index in [0.29, 0.717) is 13.0 Å². The van der Waals surface area contributed by atoms with E-state index in [-0.39, 0.29) is 30.1 Å². The second kappa shape index (κ2) is 8.04. The molecule has 2 saturated heterocycles. The van der Waals surface area contributed by atoms with Gasteiger partial charge in [-0.3, -0.25) is 9.59 Å². The number of amides is 2. The molecule has 1 atom stereocenters. The normalized spacial score (nSPS) is 21.3. The molecule has 1 unspecified atom stereocenters. The number of nitrogens with zero attached hydrogens (tertiary/aromatic N) is 2. The summed E-state index contributed by atoms with van der Waals surface area (Å²) < 4.78 is 0. The van der Waals surface area contributed by atoms with Crippen molar-refractivity contribution in [2.45, 2.75) is 11.3 Å². The number of anilines is 1. The van der Waals surface area contributed by atoms with Crippen LogP contribution in [-0.4, -0.2) is 55.7 Å². The van der Waals surface area contributed by atoms with Gasteiger partial charge in [-0.25, -0.2) is 0 Å². The molecular weight excluding hydrogens is 334 g/mol. The van der Waals surface area contributed by atoms with Crippen LogP contribution in [0.4, 0.5) is 5.69 Å². The third kappa shape index (κ3) is 4.00. The van der Waals surface area contributed by atoms with Crippen molar-refractivity contribution in [3.05, 3.63) is 24.3 Å². The highest BCUT2D eigenvalue weighted by Gasteiger charge is 2.37. The van der Waals surface area contributed by atoms with E-state index in [2.05, 4.69) is 5.32 Å². The van der Waals surface area contributed by atoms with Crippen LogP contribution in [-0.2, 0) is 9.59 Å². The minimum absolute atomic E-state index is 0. The number of carbonyl (C=O) groups is 2. The Hall–Kier alpha value is -1.24. The average Bonchev–Trinajstić information content (AvgIpc) is 2.97. The van der Waals surface area contributed by atoms with Crippen LogP contribution in [0.5, 0.6) is 0 Å². The van der Waals surface area contributed by atoms with Crippen LogP contribution < -0.4 is 10.2 Å². The summed E-state index contributed by atoms with van der Waals surface area (Å²) >= 11 is 1.67. The predicted octanol–water partition coefficient (Wildman–Crippen LogP) is 1.61. The van der Waals surface area contributed by atoms with E-state index in [9.17, 15) is 9.59 Å². The van der Waals surface area contributed by atoms with E-state index in [0.717, 1.165) is 31.9 Å². The first-order valence-corrected chi connectivity index (χ1v) is 8.85. The lowest BCUT2D eigenvalue weighted by atomic mass is 10.1. The Morgan fingerprint density at radius 3 is 2.48 bits per heavy atom. The number of hydrogen-bond acceptors (Lipinski definition) is 4. The zero-order valence-corrected chi connectivity index (χ0v) is 14.8. The number of piperazine rings is 1. The number of benzene rings is 1. The van der Waals surface area contributed by atoms with Gasteiger partial charge in [-0.1, -0.05) is 0 Å². The van der Waals surface area contributed by atoms with Crippen molar-refractivity contribution >= 4 is 41.7 Å². The van der Waals surface area contributed by atoms with Crippen LogP contribution in [0.2, 0.25) is 0 Å². The van der Waals surface area contributed by atoms with Crippen molar-refractivity contribution in [1.82, 2.24) is 10.2 Å². The standard InChI is InChI=1S/C16H21N3O2S.ClH/c1-22-14-4-2-13(3-5-14)19-11-12(10-15(19)20)16(21)18-8-6-17-7-9-18;/h2-5,12,17H,6-11H2,1H3;1H. The summed E-state index contributed by atoms with van der Waals surface area (Å²) in [5, 5.41) is 3.24. The van der Waals surface area contributed by atoms with Gasteiger partial charge in [-0.15, -0.1) is 24.2 Å². The summed E-state index contributed by atoms with van der Waals surface area (Å²) in [6.45, 7) is 3.66. The maximum atomic E-state index is 12.5. The Labute approximate surface area is 147 Å². The molecule has 2 heterocycles. The largest absolute Gasteiger partial charge is 0.340 e. The van der Waals surface area contributed by atoms with Crippen molar-refractivity contribution in [2.24, 2.45) is 5.92 Å². The van der Waals surface area contributed by atoms with E-state index in [1.807, 2.05) is 35.4 Å². The smallest absolute Gasteiger partial charge is 0.228 e. The van der Waals surface area contributed by atoms with Crippen LogP contribution >= 0.6 is 24.2 Å². The zero-order valence-electron chi connectivity index (χ0n) is 13.2. The molecule has 23 heavy (non-hydrogen) atoms. The molecule has 2 aliphatic heterocycles. The van der Waals surface area contributed by atoms with Crippen LogP contribution in [0.1, 0.15) is 6.42 Å². The Balaban J connectivity index is 0.00000192. The average molecular weight is 356 g/mol. The number of nitrogens with one attached hydrogen (secondary N) is 1. The molecule has 2 fully saturated rings. The number of carbonyl (C=O) groups excluding carboxylic acids is 2. The Kier molecular flexibility index (Phi) is 6.33. The first-order valence-electron chi connectivity index (χ1n) is 7.63. The van der Waals surface area contributed by atoms with Crippen LogP contribution in [0.3, 0.4) is 0 Å². The van der Waals surface area contributed by atoms with Crippen molar-refractivity contribution in [2.75, 3.05) is 43.9 Å². The second-order valence-corrected chi connectivity index (χ2v) is 6.56. The van der Waals surface area contributed by atoms with E-state index >= 15 is 0 Å². The fourth-order valence-electron chi connectivity index (χ4n) is 3.03. The molecule has 5 nitrogen and oxygen atoms in total. The molecule has 2 amide bonds. The highest BCUT2D eigenvalue weighted by Crippen LogP contribution is 2.28. The Morgan fingerprint density at radius 2 is 1.87 bits per heavy atom. The van der Waals surface area contributed by atoms with Crippen molar-refractivity contribution < 1.29 is 9.59 Å². The lowest BCUT2D eigenvalue weighted by Crippen LogP contribution is -2.48. The minimum atomic E-state index is -0.203. The molecule has 1 N–H and O–H groups in total. The van der Waals surface area contributed by atoms with E-state index < -0.39 is 0 Å². The van der Waals surface area contributed by atoms with Gasteiger partial charge < -0.3 is 15.1 Å². The summed E-state index contributed by atoms with van der Waals surface area (Å²) in [5.74, 6) is -0.0331. The van der Waals surface area contributed by atoms with Gasteiger partial charge in [-0.2, -0.15) is 0 Å². The third-order valence-corrected chi connectivity index (χ3v) is 5.03. The molecular formula is C16H22ClN3O2S. The van der Waals surface area contributed by atoms with E-state index in [1.165, 1.54) is 4.90 Å². The fraction of sp³-hybridized carbons (Fsp3) is 0.500. The maximum absolute atomic E-state index is 12.5. The lowest BCUT2D eigenvalue weighted by Gasteiger charge is -2.29. The SMILES string of the molecule is CSc1ccc(N2CC(C(=O)N3CCNCC3)CC2=O)cc1.Cl. The molecule has 0 aromatic heterocycles. The molecule has 0 aliphatic carbocycles. The molecule has 2 aliphatic rings. The van der Waals surface area contributed by atoms with E-state index in [1.54, 1.807) is 16.7 Å². The monoisotopic (exact) mass is 355 g/mol. The highest BCUT2D eigenvalue weighted by molar-refractivity contribution is 7.98. The first kappa shape index (κ1) is 18.1. The Bertz CT molecular complexity index is 561. The zero-order chi connectivity index (χ0) is 15.5.